The Morgan fingerprint density at radius 1 is 1.04 bits per heavy atom. The smallest absolute Gasteiger partial charge is 0.256 e. The van der Waals surface area contributed by atoms with E-state index in [1.165, 1.54) is 0 Å². The van der Waals surface area contributed by atoms with E-state index in [1.807, 2.05) is 25.1 Å². The van der Waals surface area contributed by atoms with Crippen LogP contribution >= 0.6 is 11.6 Å². The lowest BCUT2D eigenvalue weighted by molar-refractivity contribution is 0.102. The highest BCUT2D eigenvalue weighted by Gasteiger charge is 2.09. The van der Waals surface area contributed by atoms with Gasteiger partial charge in [-0.25, -0.2) is 0 Å². The average Bonchev–Trinajstić information content (AvgIpc) is 2.63. The van der Waals surface area contributed by atoms with Crippen LogP contribution in [0.4, 0.5) is 17.3 Å². The summed E-state index contributed by atoms with van der Waals surface area (Å²) in [5, 5.41) is 14.5. The van der Waals surface area contributed by atoms with Crippen LogP contribution < -0.4 is 15.4 Å². The first-order valence-corrected chi connectivity index (χ1v) is 8.25. The molecular formula is C19H17ClN4O2. The van der Waals surface area contributed by atoms with Crippen molar-refractivity contribution in [1.82, 2.24) is 10.2 Å². The SMILES string of the molecule is COc1ccc(Cl)cc1Nc1ccc(NC(=O)c2cccc(C)c2)nn1. The number of ether oxygens (including phenoxy) is 1. The van der Waals surface area contributed by atoms with Gasteiger partial charge in [-0.05, 0) is 49.4 Å². The van der Waals surface area contributed by atoms with Gasteiger partial charge in [-0.3, -0.25) is 4.79 Å². The number of methoxy groups -OCH3 is 1. The summed E-state index contributed by atoms with van der Waals surface area (Å²) in [7, 11) is 1.57. The number of nitrogens with one attached hydrogen (secondary N) is 2. The molecule has 0 saturated heterocycles. The fraction of sp³-hybridized carbons (Fsp3) is 0.105. The van der Waals surface area contributed by atoms with E-state index in [0.29, 0.717) is 33.7 Å². The van der Waals surface area contributed by atoms with E-state index in [1.54, 1.807) is 43.5 Å². The molecule has 0 unspecified atom stereocenters. The lowest BCUT2D eigenvalue weighted by atomic mass is 10.1. The molecule has 0 bridgehead atoms. The lowest BCUT2D eigenvalue weighted by Crippen LogP contribution is -2.13. The van der Waals surface area contributed by atoms with Crippen LogP contribution in [-0.2, 0) is 0 Å². The maximum Gasteiger partial charge on any atom is 0.256 e. The van der Waals surface area contributed by atoms with Crippen molar-refractivity contribution in [2.75, 3.05) is 17.7 Å². The Kier molecular flexibility index (Phi) is 5.34. The third-order valence-corrected chi connectivity index (χ3v) is 3.85. The first-order valence-electron chi connectivity index (χ1n) is 7.87. The van der Waals surface area contributed by atoms with Gasteiger partial charge < -0.3 is 15.4 Å². The molecule has 1 aromatic heterocycles. The highest BCUT2D eigenvalue weighted by Crippen LogP contribution is 2.29. The summed E-state index contributed by atoms with van der Waals surface area (Å²) < 4.78 is 5.28. The molecule has 0 aliphatic carbocycles. The number of hydrogen-bond acceptors (Lipinski definition) is 5. The summed E-state index contributed by atoms with van der Waals surface area (Å²) in [6.45, 7) is 1.93. The number of aromatic nitrogens is 2. The van der Waals surface area contributed by atoms with Crippen molar-refractivity contribution in [1.29, 1.82) is 0 Å². The zero-order valence-electron chi connectivity index (χ0n) is 14.3. The van der Waals surface area contributed by atoms with Gasteiger partial charge in [-0.2, -0.15) is 0 Å². The molecule has 2 N–H and O–H groups in total. The normalized spacial score (nSPS) is 10.3. The summed E-state index contributed by atoms with van der Waals surface area (Å²) in [6, 6.07) is 15.9. The van der Waals surface area contributed by atoms with Gasteiger partial charge in [0, 0.05) is 10.6 Å². The van der Waals surface area contributed by atoms with Crippen LogP contribution in [0, 0.1) is 6.92 Å². The van der Waals surface area contributed by atoms with Crippen LogP contribution in [0.3, 0.4) is 0 Å². The van der Waals surface area contributed by atoms with Gasteiger partial charge in [0.25, 0.3) is 5.91 Å². The van der Waals surface area contributed by atoms with Crippen molar-refractivity contribution >= 4 is 34.8 Å². The Morgan fingerprint density at radius 3 is 2.50 bits per heavy atom. The molecule has 3 rings (SSSR count). The molecule has 26 heavy (non-hydrogen) atoms. The van der Waals surface area contributed by atoms with Crippen LogP contribution in [0.2, 0.25) is 5.02 Å². The second-order valence-electron chi connectivity index (χ2n) is 5.60. The zero-order valence-corrected chi connectivity index (χ0v) is 15.0. The molecular weight excluding hydrogens is 352 g/mol. The second-order valence-corrected chi connectivity index (χ2v) is 6.03. The van der Waals surface area contributed by atoms with E-state index < -0.39 is 0 Å². The molecule has 3 aromatic rings. The first-order chi connectivity index (χ1) is 12.5. The van der Waals surface area contributed by atoms with Crippen molar-refractivity contribution < 1.29 is 9.53 Å². The average molecular weight is 369 g/mol. The standard InChI is InChI=1S/C19H17ClN4O2/c1-12-4-3-5-13(10-12)19(25)22-18-9-8-17(23-24-18)21-15-11-14(20)6-7-16(15)26-2/h3-11H,1-2H3,(H,21,23)(H,22,24,25). The van der Waals surface area contributed by atoms with Crippen molar-refractivity contribution in [2.45, 2.75) is 6.92 Å². The molecule has 1 heterocycles. The molecule has 0 aliphatic heterocycles. The number of halogens is 1. The lowest BCUT2D eigenvalue weighted by Gasteiger charge is -2.11. The van der Waals surface area contributed by atoms with Crippen LogP contribution in [0.1, 0.15) is 15.9 Å². The van der Waals surface area contributed by atoms with Gasteiger partial charge in [0.05, 0.1) is 12.8 Å². The largest absolute Gasteiger partial charge is 0.495 e. The minimum Gasteiger partial charge on any atom is -0.495 e. The van der Waals surface area contributed by atoms with Crippen molar-refractivity contribution in [3.05, 3.63) is 70.7 Å². The number of rotatable bonds is 5. The Morgan fingerprint density at radius 2 is 1.81 bits per heavy atom. The molecule has 0 saturated carbocycles. The Balaban J connectivity index is 1.71. The molecule has 2 aromatic carbocycles. The molecule has 1 amide bonds. The first kappa shape index (κ1) is 17.7. The van der Waals surface area contributed by atoms with Crippen molar-refractivity contribution in [3.63, 3.8) is 0 Å². The van der Waals surface area contributed by atoms with Crippen LogP contribution in [0.5, 0.6) is 5.75 Å². The Hall–Kier alpha value is -3.12. The maximum absolute atomic E-state index is 12.2. The summed E-state index contributed by atoms with van der Waals surface area (Å²) in [6.07, 6.45) is 0. The van der Waals surface area contributed by atoms with Crippen LogP contribution in [-0.4, -0.2) is 23.2 Å². The van der Waals surface area contributed by atoms with Gasteiger partial charge >= 0.3 is 0 Å². The van der Waals surface area contributed by atoms with Crippen molar-refractivity contribution in [2.24, 2.45) is 0 Å². The third-order valence-electron chi connectivity index (χ3n) is 3.61. The monoisotopic (exact) mass is 368 g/mol. The van der Waals surface area contributed by atoms with E-state index in [9.17, 15) is 4.79 Å². The van der Waals surface area contributed by atoms with Crippen molar-refractivity contribution in [3.8, 4) is 5.75 Å². The fourth-order valence-electron chi connectivity index (χ4n) is 2.36. The number of anilines is 3. The highest BCUT2D eigenvalue weighted by atomic mass is 35.5. The topological polar surface area (TPSA) is 76.1 Å². The van der Waals surface area contributed by atoms with Gasteiger partial charge in [0.2, 0.25) is 0 Å². The van der Waals surface area contributed by atoms with Gasteiger partial charge in [-0.15, -0.1) is 10.2 Å². The number of hydrogen-bond donors (Lipinski definition) is 2. The second kappa shape index (κ2) is 7.84. The molecule has 0 aliphatic rings. The summed E-state index contributed by atoms with van der Waals surface area (Å²) in [4.78, 5) is 12.2. The minimum absolute atomic E-state index is 0.236. The van der Waals surface area contributed by atoms with E-state index in [0.717, 1.165) is 5.56 Å². The number of aryl methyl sites for hydroxylation is 1. The number of nitrogens with zero attached hydrogens (tertiary/aromatic N) is 2. The summed E-state index contributed by atoms with van der Waals surface area (Å²) in [5.41, 5.74) is 2.25. The van der Waals surface area contributed by atoms with Gasteiger partial charge in [0.15, 0.2) is 11.6 Å². The zero-order chi connectivity index (χ0) is 18.5. The van der Waals surface area contributed by atoms with E-state index >= 15 is 0 Å². The molecule has 132 valence electrons. The quantitative estimate of drug-likeness (QED) is 0.696. The van der Waals surface area contributed by atoms with Gasteiger partial charge in [0.1, 0.15) is 5.75 Å². The predicted molar refractivity (Wildman–Crippen MR) is 102 cm³/mol. The number of amides is 1. The number of benzene rings is 2. The molecule has 0 atom stereocenters. The maximum atomic E-state index is 12.2. The third kappa shape index (κ3) is 4.29. The van der Waals surface area contributed by atoms with E-state index in [-0.39, 0.29) is 5.91 Å². The van der Waals surface area contributed by atoms with E-state index in [2.05, 4.69) is 20.8 Å². The molecule has 7 heteroatoms. The molecule has 0 spiro atoms. The molecule has 0 radical (unpaired) electrons. The molecule has 0 fully saturated rings. The van der Waals surface area contributed by atoms with E-state index in [4.69, 9.17) is 16.3 Å². The number of carbonyl (C=O) groups excluding carboxylic acids is 1. The Labute approximate surface area is 156 Å². The van der Waals surface area contributed by atoms with Crippen LogP contribution in [0.25, 0.3) is 0 Å². The molecule has 6 nitrogen and oxygen atoms in total. The van der Waals surface area contributed by atoms with Crippen LogP contribution in [0.15, 0.2) is 54.6 Å². The predicted octanol–water partition coefficient (Wildman–Crippen LogP) is 4.44. The fourth-order valence-corrected chi connectivity index (χ4v) is 2.53. The Bertz CT molecular complexity index is 929. The number of carbonyl (C=O) groups is 1. The van der Waals surface area contributed by atoms with Gasteiger partial charge in [-0.1, -0.05) is 29.3 Å². The highest BCUT2D eigenvalue weighted by molar-refractivity contribution is 6.31. The summed E-state index contributed by atoms with van der Waals surface area (Å²) in [5.74, 6) is 1.26. The summed E-state index contributed by atoms with van der Waals surface area (Å²) >= 11 is 6.01. The minimum atomic E-state index is -0.236.